The largest absolute Gasteiger partial charge is 0.457 e. The van der Waals surface area contributed by atoms with Gasteiger partial charge in [0.2, 0.25) is 0 Å². The average molecular weight is 789 g/mol. The van der Waals surface area contributed by atoms with Gasteiger partial charge in [-0.05, 0) is 89.9 Å². The average Bonchev–Trinajstić information content (AvgIpc) is 3.22. The second-order valence-electron chi connectivity index (χ2n) is 15.1. The molecule has 0 amide bonds. The van der Waals surface area contributed by atoms with Crippen molar-refractivity contribution in [3.05, 3.63) is 109 Å². The van der Waals surface area contributed by atoms with Gasteiger partial charge in [-0.15, -0.1) is 0 Å². The minimum Gasteiger partial charge on any atom is -0.457 e. The molecule has 0 heterocycles. The summed E-state index contributed by atoms with van der Waals surface area (Å²) in [5.74, 6) is -0.286. The molecule has 0 aromatic carbocycles. The highest BCUT2D eigenvalue weighted by molar-refractivity contribution is 5.69. The van der Waals surface area contributed by atoms with E-state index in [1.165, 1.54) is 103 Å². The zero-order valence-electron chi connectivity index (χ0n) is 37.1. The molecule has 1 unspecified atom stereocenters. The van der Waals surface area contributed by atoms with E-state index in [1.807, 2.05) is 6.08 Å². The Balaban J connectivity index is 3.55. The van der Waals surface area contributed by atoms with Crippen molar-refractivity contribution in [2.75, 3.05) is 19.8 Å². The van der Waals surface area contributed by atoms with Crippen LogP contribution in [0.5, 0.6) is 0 Å². The molecule has 1 N–H and O–H groups in total. The molecule has 57 heavy (non-hydrogen) atoms. The summed E-state index contributed by atoms with van der Waals surface area (Å²) in [7, 11) is 0. The van der Waals surface area contributed by atoms with Crippen molar-refractivity contribution < 1.29 is 19.4 Å². The fourth-order valence-electron chi connectivity index (χ4n) is 6.13. The second-order valence-corrected chi connectivity index (χ2v) is 15.1. The normalized spacial score (nSPS) is 13.4. The Kier molecular flexibility index (Phi) is 46.7. The third-order valence-electron chi connectivity index (χ3n) is 9.60. The first-order valence-electron chi connectivity index (χ1n) is 23.5. The quantitative estimate of drug-likeness (QED) is 0.0380. The van der Waals surface area contributed by atoms with Crippen LogP contribution in [-0.2, 0) is 14.3 Å². The highest BCUT2D eigenvalue weighted by Gasteiger charge is 2.13. The van der Waals surface area contributed by atoms with E-state index in [9.17, 15) is 9.90 Å². The maximum absolute atomic E-state index is 12.2. The summed E-state index contributed by atoms with van der Waals surface area (Å²) in [6.45, 7) is 5.12. The highest BCUT2D eigenvalue weighted by Crippen LogP contribution is 2.13. The molecule has 0 radical (unpaired) electrons. The summed E-state index contributed by atoms with van der Waals surface area (Å²) in [6.07, 6.45) is 71.7. The molecule has 324 valence electrons. The molecule has 0 rings (SSSR count). The van der Waals surface area contributed by atoms with E-state index in [4.69, 9.17) is 9.47 Å². The van der Waals surface area contributed by atoms with Crippen LogP contribution in [0.25, 0.3) is 0 Å². The lowest BCUT2D eigenvalue weighted by atomic mass is 10.1. The zero-order chi connectivity index (χ0) is 41.2. The monoisotopic (exact) mass is 789 g/mol. The third-order valence-corrected chi connectivity index (χ3v) is 9.60. The van der Waals surface area contributed by atoms with Crippen LogP contribution in [0.1, 0.15) is 194 Å². The molecule has 0 aromatic heterocycles. The van der Waals surface area contributed by atoms with Gasteiger partial charge in [0.15, 0.2) is 0 Å². The van der Waals surface area contributed by atoms with Gasteiger partial charge in [0.1, 0.15) is 6.10 Å². The van der Waals surface area contributed by atoms with Crippen LogP contribution >= 0.6 is 0 Å². The summed E-state index contributed by atoms with van der Waals surface area (Å²) in [5.41, 5.74) is 0. The van der Waals surface area contributed by atoms with Crippen LogP contribution in [0.2, 0.25) is 0 Å². The number of aliphatic hydroxyl groups excluding tert-OH is 1. The summed E-state index contributed by atoms with van der Waals surface area (Å²) in [5, 5.41) is 9.61. The zero-order valence-corrected chi connectivity index (χ0v) is 37.1. The van der Waals surface area contributed by atoms with E-state index in [0.29, 0.717) is 19.4 Å². The summed E-state index contributed by atoms with van der Waals surface area (Å²) >= 11 is 0. The Labute approximate surface area is 353 Å². The topological polar surface area (TPSA) is 55.8 Å². The number of hydrogen-bond acceptors (Lipinski definition) is 4. The van der Waals surface area contributed by atoms with Gasteiger partial charge >= 0.3 is 5.97 Å². The highest BCUT2D eigenvalue weighted by atomic mass is 16.6. The molecule has 0 saturated carbocycles. The second kappa shape index (κ2) is 49.2. The van der Waals surface area contributed by atoms with Crippen LogP contribution in [0.4, 0.5) is 0 Å². The number of rotatable bonds is 42. The van der Waals surface area contributed by atoms with Crippen molar-refractivity contribution in [2.24, 2.45) is 0 Å². The number of carbonyl (C=O) groups is 1. The van der Waals surface area contributed by atoms with Crippen LogP contribution in [0, 0.1) is 0 Å². The Morgan fingerprint density at radius 3 is 1.19 bits per heavy atom. The van der Waals surface area contributed by atoms with Gasteiger partial charge in [-0.2, -0.15) is 0 Å². The Hall–Kier alpha value is -2.95. The maximum Gasteiger partial charge on any atom is 0.306 e. The van der Waals surface area contributed by atoms with E-state index in [2.05, 4.69) is 117 Å². The number of ether oxygens (including phenoxy) is 2. The van der Waals surface area contributed by atoms with Crippen molar-refractivity contribution in [3.63, 3.8) is 0 Å². The molecule has 0 aliphatic carbocycles. The summed E-state index contributed by atoms with van der Waals surface area (Å²) < 4.78 is 11.1. The minimum atomic E-state index is -0.584. The first-order valence-corrected chi connectivity index (χ1v) is 23.5. The van der Waals surface area contributed by atoms with Gasteiger partial charge in [-0.25, -0.2) is 0 Å². The Morgan fingerprint density at radius 2 is 0.789 bits per heavy atom. The molecule has 0 saturated heterocycles. The van der Waals surface area contributed by atoms with Gasteiger partial charge < -0.3 is 14.6 Å². The Morgan fingerprint density at radius 1 is 0.439 bits per heavy atom. The fourth-order valence-corrected chi connectivity index (χ4v) is 6.13. The standard InChI is InChI=1S/C53H88O4/c1-3-5-7-9-11-13-15-17-19-21-23-24-25-26-27-28-29-31-33-35-37-39-41-43-45-47-49-56-51-52(50-54)57-53(55)48-46-44-42-40-38-36-34-32-30-22-20-18-16-14-12-10-8-6-4-2/h6,8,12,14-15,17-18,20-21,23,25-26,30,32,36,38,42,44,52,54H,3-5,7,9-11,13,16,19,22,24,27-29,31,33-35,37,39-41,43,45-51H2,1-2H3/b8-6-,14-12-,17-15-,20-18-,23-21-,26-25-,32-30-,38-36-,44-42-. The van der Waals surface area contributed by atoms with E-state index >= 15 is 0 Å². The molecule has 4 heteroatoms. The summed E-state index contributed by atoms with van der Waals surface area (Å²) in [6, 6.07) is 0. The third kappa shape index (κ3) is 47.3. The SMILES string of the molecule is CC/C=C\C/C=C\C/C=C\C/C=C\C/C=C\C/C=C\CCC(=O)OC(CO)COCCCCCCCCCCCCC/C=C\C/C=C\C/C=C\CCCCCCC. The van der Waals surface area contributed by atoms with Gasteiger partial charge in [-0.3, -0.25) is 4.79 Å². The lowest BCUT2D eigenvalue weighted by Gasteiger charge is -2.15. The number of unbranched alkanes of at least 4 members (excludes halogenated alkanes) is 16. The van der Waals surface area contributed by atoms with E-state index in [-0.39, 0.29) is 19.2 Å². The maximum atomic E-state index is 12.2. The number of carbonyl (C=O) groups excluding carboxylic acids is 1. The van der Waals surface area contributed by atoms with Crippen LogP contribution in [0.3, 0.4) is 0 Å². The smallest absolute Gasteiger partial charge is 0.306 e. The van der Waals surface area contributed by atoms with E-state index in [1.54, 1.807) is 0 Å². The molecule has 0 fully saturated rings. The van der Waals surface area contributed by atoms with Crippen molar-refractivity contribution >= 4 is 5.97 Å². The predicted molar refractivity (Wildman–Crippen MR) is 251 cm³/mol. The van der Waals surface area contributed by atoms with Crippen molar-refractivity contribution in [1.29, 1.82) is 0 Å². The minimum absolute atomic E-state index is 0.210. The first-order chi connectivity index (χ1) is 28.2. The molecule has 1 atom stereocenters. The van der Waals surface area contributed by atoms with E-state index in [0.717, 1.165) is 64.2 Å². The number of hydrogen-bond donors (Lipinski definition) is 1. The van der Waals surface area contributed by atoms with Gasteiger partial charge in [-0.1, -0.05) is 207 Å². The van der Waals surface area contributed by atoms with Gasteiger partial charge in [0.05, 0.1) is 13.2 Å². The number of aliphatic hydroxyl groups is 1. The fraction of sp³-hybridized carbons (Fsp3) is 0.642. The lowest BCUT2D eigenvalue weighted by molar-refractivity contribution is -0.154. The molecule has 0 spiro atoms. The van der Waals surface area contributed by atoms with Crippen molar-refractivity contribution in [1.82, 2.24) is 0 Å². The van der Waals surface area contributed by atoms with Crippen LogP contribution < -0.4 is 0 Å². The van der Waals surface area contributed by atoms with Gasteiger partial charge in [0.25, 0.3) is 0 Å². The number of esters is 1. The Bertz CT molecular complexity index is 1100. The lowest BCUT2D eigenvalue weighted by Crippen LogP contribution is -2.27. The van der Waals surface area contributed by atoms with Crippen LogP contribution in [-0.4, -0.2) is 37.0 Å². The summed E-state index contributed by atoms with van der Waals surface area (Å²) in [4.78, 5) is 12.2. The molecule has 0 aliphatic heterocycles. The molecule has 0 aromatic rings. The number of allylic oxidation sites excluding steroid dienone is 18. The molecular weight excluding hydrogens is 701 g/mol. The molecule has 0 bridgehead atoms. The van der Waals surface area contributed by atoms with Crippen LogP contribution in [0.15, 0.2) is 109 Å². The van der Waals surface area contributed by atoms with Crippen molar-refractivity contribution in [2.45, 2.75) is 200 Å². The van der Waals surface area contributed by atoms with Gasteiger partial charge in [0, 0.05) is 13.0 Å². The molecule has 4 nitrogen and oxygen atoms in total. The molecular formula is C53H88O4. The first kappa shape index (κ1) is 54.1. The van der Waals surface area contributed by atoms with E-state index < -0.39 is 6.10 Å². The molecule has 0 aliphatic rings. The predicted octanol–water partition coefficient (Wildman–Crippen LogP) is 15.9. The van der Waals surface area contributed by atoms with Crippen molar-refractivity contribution in [3.8, 4) is 0 Å².